The predicted molar refractivity (Wildman–Crippen MR) is 115 cm³/mol. The molecule has 2 amide bonds. The number of halogens is 2. The summed E-state index contributed by atoms with van der Waals surface area (Å²) in [7, 11) is 0. The van der Waals surface area contributed by atoms with E-state index in [4.69, 9.17) is 11.6 Å². The number of hydrogen-bond donors (Lipinski definition) is 2. The van der Waals surface area contributed by atoms with Gasteiger partial charge in [-0.15, -0.1) is 11.8 Å². The minimum absolute atomic E-state index is 0.229. The third kappa shape index (κ3) is 5.59. The first-order valence-electron chi connectivity index (χ1n) is 8.74. The van der Waals surface area contributed by atoms with Gasteiger partial charge in [-0.2, -0.15) is 0 Å². The van der Waals surface area contributed by atoms with Crippen LogP contribution in [0.3, 0.4) is 0 Å². The maximum Gasteiger partial charge on any atom is 0.255 e. The number of nitrogens with one attached hydrogen (secondary N) is 2. The number of carbonyl (C=O) groups is 2. The molecule has 0 spiro atoms. The minimum Gasteiger partial charge on any atom is -0.348 e. The van der Waals surface area contributed by atoms with Crippen molar-refractivity contribution in [2.45, 2.75) is 11.4 Å². The maximum absolute atomic E-state index is 13.3. The van der Waals surface area contributed by atoms with Crippen LogP contribution in [0.2, 0.25) is 5.02 Å². The lowest BCUT2D eigenvalue weighted by Crippen LogP contribution is -2.23. The number of anilines is 1. The van der Waals surface area contributed by atoms with Gasteiger partial charge in [0.25, 0.3) is 11.8 Å². The van der Waals surface area contributed by atoms with Crippen LogP contribution in [0.1, 0.15) is 26.3 Å². The molecule has 0 aliphatic rings. The smallest absolute Gasteiger partial charge is 0.255 e. The van der Waals surface area contributed by atoms with Gasteiger partial charge < -0.3 is 10.6 Å². The molecule has 7 heteroatoms. The second-order valence-electron chi connectivity index (χ2n) is 6.19. The van der Waals surface area contributed by atoms with Gasteiger partial charge in [-0.25, -0.2) is 4.39 Å². The zero-order chi connectivity index (χ0) is 20.8. The van der Waals surface area contributed by atoms with Crippen LogP contribution in [-0.4, -0.2) is 18.1 Å². The number of benzene rings is 3. The van der Waals surface area contributed by atoms with Crippen LogP contribution in [0.15, 0.2) is 71.6 Å². The molecule has 3 rings (SSSR count). The van der Waals surface area contributed by atoms with Crippen LogP contribution in [0.5, 0.6) is 0 Å². The molecule has 0 saturated carbocycles. The SMILES string of the molecule is CSc1ccc(Cl)c(C(=O)NCc2cccc(NC(=O)c3cccc(F)c3)c2)c1. The van der Waals surface area contributed by atoms with Crippen LogP contribution in [0.4, 0.5) is 10.1 Å². The number of hydrogen-bond acceptors (Lipinski definition) is 3. The molecule has 0 unspecified atom stereocenters. The fourth-order valence-electron chi connectivity index (χ4n) is 2.67. The lowest BCUT2D eigenvalue weighted by atomic mass is 10.1. The molecule has 3 aromatic carbocycles. The summed E-state index contributed by atoms with van der Waals surface area (Å²) in [5, 5.41) is 5.94. The van der Waals surface area contributed by atoms with Crippen molar-refractivity contribution < 1.29 is 14.0 Å². The Morgan fingerprint density at radius 2 is 1.79 bits per heavy atom. The lowest BCUT2D eigenvalue weighted by Gasteiger charge is -2.10. The molecule has 0 saturated heterocycles. The number of thioether (sulfide) groups is 1. The fourth-order valence-corrected chi connectivity index (χ4v) is 3.32. The normalized spacial score (nSPS) is 10.4. The van der Waals surface area contributed by atoms with Crippen molar-refractivity contribution in [2.24, 2.45) is 0 Å². The topological polar surface area (TPSA) is 58.2 Å². The van der Waals surface area contributed by atoms with E-state index in [0.29, 0.717) is 16.3 Å². The molecule has 0 radical (unpaired) electrons. The molecule has 148 valence electrons. The third-order valence-electron chi connectivity index (χ3n) is 4.14. The van der Waals surface area contributed by atoms with Gasteiger partial charge in [0.05, 0.1) is 10.6 Å². The molecule has 3 aromatic rings. The highest BCUT2D eigenvalue weighted by Gasteiger charge is 2.12. The highest BCUT2D eigenvalue weighted by atomic mass is 35.5. The van der Waals surface area contributed by atoms with Gasteiger partial charge in [0, 0.05) is 22.7 Å². The Morgan fingerprint density at radius 1 is 1.00 bits per heavy atom. The molecule has 29 heavy (non-hydrogen) atoms. The summed E-state index contributed by atoms with van der Waals surface area (Å²) < 4.78 is 13.3. The quantitative estimate of drug-likeness (QED) is 0.518. The van der Waals surface area contributed by atoms with Crippen LogP contribution in [0, 0.1) is 5.82 Å². The van der Waals surface area contributed by atoms with E-state index >= 15 is 0 Å². The summed E-state index contributed by atoms with van der Waals surface area (Å²) in [5.41, 5.74) is 1.99. The van der Waals surface area contributed by atoms with Crippen molar-refractivity contribution in [3.63, 3.8) is 0 Å². The summed E-state index contributed by atoms with van der Waals surface area (Å²) in [5.74, 6) is -1.16. The molecule has 0 aliphatic heterocycles. The van der Waals surface area contributed by atoms with Gasteiger partial charge in [0.2, 0.25) is 0 Å². The molecular formula is C22H18ClFN2O2S. The van der Waals surface area contributed by atoms with Gasteiger partial charge in [0.1, 0.15) is 5.82 Å². The molecule has 0 atom stereocenters. The van der Waals surface area contributed by atoms with E-state index in [2.05, 4.69) is 10.6 Å². The van der Waals surface area contributed by atoms with E-state index in [1.54, 1.807) is 30.3 Å². The van der Waals surface area contributed by atoms with Gasteiger partial charge in [0.15, 0.2) is 0 Å². The van der Waals surface area contributed by atoms with Crippen molar-refractivity contribution >= 4 is 40.9 Å². The van der Waals surface area contributed by atoms with Crippen LogP contribution >= 0.6 is 23.4 Å². The Morgan fingerprint density at radius 3 is 2.55 bits per heavy atom. The summed E-state index contributed by atoms with van der Waals surface area (Å²) in [6.07, 6.45) is 1.93. The molecule has 4 nitrogen and oxygen atoms in total. The van der Waals surface area contributed by atoms with E-state index in [1.165, 1.54) is 36.0 Å². The molecule has 0 fully saturated rings. The van der Waals surface area contributed by atoms with Crippen LogP contribution in [0.25, 0.3) is 0 Å². The summed E-state index contributed by atoms with van der Waals surface area (Å²) in [6.45, 7) is 0.266. The molecular weight excluding hydrogens is 411 g/mol. The highest BCUT2D eigenvalue weighted by molar-refractivity contribution is 7.98. The number of carbonyl (C=O) groups excluding carboxylic acids is 2. The van der Waals surface area contributed by atoms with E-state index in [1.807, 2.05) is 18.4 Å². The van der Waals surface area contributed by atoms with Crippen molar-refractivity contribution in [1.82, 2.24) is 5.32 Å². The average molecular weight is 429 g/mol. The monoisotopic (exact) mass is 428 g/mol. The lowest BCUT2D eigenvalue weighted by molar-refractivity contribution is 0.0950. The van der Waals surface area contributed by atoms with E-state index in [-0.39, 0.29) is 18.0 Å². The first-order chi connectivity index (χ1) is 14.0. The van der Waals surface area contributed by atoms with Crippen LogP contribution < -0.4 is 10.6 Å². The summed E-state index contributed by atoms with van der Waals surface area (Å²) in [6, 6.07) is 17.8. The fraction of sp³-hybridized carbons (Fsp3) is 0.0909. The third-order valence-corrected chi connectivity index (χ3v) is 5.20. The van der Waals surface area contributed by atoms with E-state index in [0.717, 1.165) is 10.5 Å². The predicted octanol–water partition coefficient (Wildman–Crippen LogP) is 5.38. The van der Waals surface area contributed by atoms with Gasteiger partial charge in [-0.3, -0.25) is 9.59 Å². The zero-order valence-electron chi connectivity index (χ0n) is 15.5. The molecule has 0 aromatic heterocycles. The van der Waals surface area contributed by atoms with Crippen molar-refractivity contribution in [2.75, 3.05) is 11.6 Å². The largest absolute Gasteiger partial charge is 0.348 e. The van der Waals surface area contributed by atoms with Crippen molar-refractivity contribution in [3.05, 3.63) is 94.3 Å². The highest BCUT2D eigenvalue weighted by Crippen LogP contribution is 2.23. The molecule has 2 N–H and O–H groups in total. The Balaban J connectivity index is 1.65. The summed E-state index contributed by atoms with van der Waals surface area (Å²) >= 11 is 7.67. The second-order valence-corrected chi connectivity index (χ2v) is 7.48. The Hall–Kier alpha value is -2.83. The molecule has 0 aliphatic carbocycles. The van der Waals surface area contributed by atoms with E-state index in [9.17, 15) is 14.0 Å². The Bertz CT molecular complexity index is 1060. The van der Waals surface area contributed by atoms with Gasteiger partial charge in [-0.1, -0.05) is 29.8 Å². The first-order valence-corrected chi connectivity index (χ1v) is 10.3. The van der Waals surface area contributed by atoms with Crippen molar-refractivity contribution in [1.29, 1.82) is 0 Å². The van der Waals surface area contributed by atoms with Gasteiger partial charge >= 0.3 is 0 Å². The second kappa shape index (κ2) is 9.58. The van der Waals surface area contributed by atoms with Crippen molar-refractivity contribution in [3.8, 4) is 0 Å². The standard InChI is InChI=1S/C22H18ClFN2O2S/c1-29-18-8-9-20(23)19(12-18)22(28)25-13-14-4-2-7-17(10-14)26-21(27)15-5-3-6-16(24)11-15/h2-12H,13H2,1H3,(H,25,28)(H,26,27). The number of amides is 2. The summed E-state index contributed by atoms with van der Waals surface area (Å²) in [4.78, 5) is 25.7. The molecule has 0 bridgehead atoms. The zero-order valence-corrected chi connectivity index (χ0v) is 17.1. The number of rotatable bonds is 6. The maximum atomic E-state index is 13.3. The first kappa shape index (κ1) is 20.9. The van der Waals surface area contributed by atoms with E-state index < -0.39 is 11.7 Å². The molecule has 0 heterocycles. The Labute approximate surface area is 177 Å². The van der Waals surface area contributed by atoms with Gasteiger partial charge in [-0.05, 0) is 60.4 Å². The average Bonchev–Trinajstić information content (AvgIpc) is 2.72. The minimum atomic E-state index is -0.474. The Kier molecular flexibility index (Phi) is 6.90. The van der Waals surface area contributed by atoms with Crippen LogP contribution in [-0.2, 0) is 6.54 Å².